The van der Waals surface area contributed by atoms with Crippen molar-refractivity contribution in [1.82, 2.24) is 0 Å². The first-order valence-corrected chi connectivity index (χ1v) is 11.7. The van der Waals surface area contributed by atoms with Gasteiger partial charge in [-0.2, -0.15) is 0 Å². The number of phenolic OH excluding ortho intramolecular Hbond substituents is 1. The number of hydrogen-bond acceptors (Lipinski definition) is 5. The van der Waals surface area contributed by atoms with Crippen LogP contribution >= 0.6 is 11.3 Å². The summed E-state index contributed by atoms with van der Waals surface area (Å²) >= 11 is 1.44. The summed E-state index contributed by atoms with van der Waals surface area (Å²) in [7, 11) is 0. The zero-order chi connectivity index (χ0) is 25.1. The topological polar surface area (TPSA) is 47.9 Å². The summed E-state index contributed by atoms with van der Waals surface area (Å²) in [5, 5.41) is 10.4. The Hall–Kier alpha value is -4.17. The van der Waals surface area contributed by atoms with E-state index in [1.54, 1.807) is 24.3 Å². The lowest BCUT2D eigenvalue weighted by Crippen LogP contribution is -2.16. The number of fused-ring (bicyclic) bond motifs is 1. The number of alkyl halides is 3. The van der Waals surface area contributed by atoms with Gasteiger partial charge in [-0.05, 0) is 77.9 Å². The van der Waals surface area contributed by atoms with E-state index >= 15 is 0 Å². The zero-order valence-corrected chi connectivity index (χ0v) is 19.5. The van der Waals surface area contributed by atoms with Gasteiger partial charge in [-0.15, -0.1) is 24.5 Å². The maximum absolute atomic E-state index is 12.6. The second-order valence-electron chi connectivity index (χ2n) is 7.86. The highest BCUT2D eigenvalue weighted by atomic mass is 32.1. The van der Waals surface area contributed by atoms with Gasteiger partial charge in [-0.3, -0.25) is 0 Å². The number of ether oxygens (including phenoxy) is 3. The van der Waals surface area contributed by atoms with E-state index in [0.717, 1.165) is 20.5 Å². The number of halogens is 3. The fourth-order valence-corrected chi connectivity index (χ4v) is 4.78. The van der Waals surface area contributed by atoms with E-state index in [1.165, 1.54) is 35.6 Å². The van der Waals surface area contributed by atoms with Crippen molar-refractivity contribution in [3.05, 3.63) is 103 Å². The molecule has 0 bridgehead atoms. The Balaban J connectivity index is 1.50. The highest BCUT2D eigenvalue weighted by Crippen LogP contribution is 2.47. The number of phenols is 1. The van der Waals surface area contributed by atoms with Gasteiger partial charge in [-0.1, -0.05) is 30.3 Å². The summed E-state index contributed by atoms with van der Waals surface area (Å²) in [5.41, 5.74) is 1.72. The maximum atomic E-state index is 12.6. The van der Waals surface area contributed by atoms with Crippen molar-refractivity contribution in [2.75, 3.05) is 0 Å². The Morgan fingerprint density at radius 2 is 1.42 bits per heavy atom. The lowest BCUT2D eigenvalue weighted by atomic mass is 10.1. The van der Waals surface area contributed by atoms with Crippen LogP contribution in [0.1, 0.15) is 5.56 Å². The van der Waals surface area contributed by atoms with Crippen LogP contribution in [0.4, 0.5) is 13.2 Å². The molecule has 0 aliphatic heterocycles. The van der Waals surface area contributed by atoms with Crippen molar-refractivity contribution in [3.8, 4) is 39.2 Å². The molecular weight excluding hydrogens is 489 g/mol. The SMILES string of the molecule is Oc1ccc(Oc2c(-c3ccc(OC(F)(F)F)cc3)sc3cc(OCc4ccccc4)ccc23)cc1. The van der Waals surface area contributed by atoms with Gasteiger partial charge in [0.1, 0.15) is 29.6 Å². The summed E-state index contributed by atoms with van der Waals surface area (Å²) in [6.07, 6.45) is -4.76. The van der Waals surface area contributed by atoms with Gasteiger partial charge in [0.25, 0.3) is 0 Å². The third kappa shape index (κ3) is 5.55. The minimum Gasteiger partial charge on any atom is -0.508 e. The normalized spacial score (nSPS) is 11.4. The number of thiophene rings is 1. The van der Waals surface area contributed by atoms with E-state index in [2.05, 4.69) is 4.74 Å². The molecule has 5 rings (SSSR count). The maximum Gasteiger partial charge on any atom is 0.573 e. The monoisotopic (exact) mass is 508 g/mol. The molecule has 182 valence electrons. The van der Waals surface area contributed by atoms with Gasteiger partial charge >= 0.3 is 6.36 Å². The molecule has 1 N–H and O–H groups in total. The van der Waals surface area contributed by atoms with Crippen LogP contribution in [0, 0.1) is 0 Å². The Kier molecular flexibility index (Phi) is 6.43. The average Bonchev–Trinajstić information content (AvgIpc) is 3.22. The van der Waals surface area contributed by atoms with Gasteiger partial charge in [-0.25, -0.2) is 0 Å². The molecule has 0 saturated carbocycles. The van der Waals surface area contributed by atoms with Crippen LogP contribution in [0.2, 0.25) is 0 Å². The van der Waals surface area contributed by atoms with Crippen molar-refractivity contribution < 1.29 is 32.5 Å². The molecule has 4 aromatic carbocycles. The molecule has 8 heteroatoms. The third-order valence-corrected chi connectivity index (χ3v) is 6.45. The molecule has 0 radical (unpaired) electrons. The van der Waals surface area contributed by atoms with Crippen LogP contribution in [0.15, 0.2) is 97.1 Å². The molecule has 5 aromatic rings. The molecule has 0 amide bonds. The number of aromatic hydroxyl groups is 1. The van der Waals surface area contributed by atoms with E-state index in [-0.39, 0.29) is 11.5 Å². The Bertz CT molecular complexity index is 1460. The number of hydrogen-bond donors (Lipinski definition) is 1. The minimum absolute atomic E-state index is 0.109. The average molecular weight is 509 g/mol. The summed E-state index contributed by atoms with van der Waals surface area (Å²) in [5.74, 6) is 1.56. The molecule has 0 fully saturated rings. The molecule has 0 unspecified atom stereocenters. The lowest BCUT2D eigenvalue weighted by molar-refractivity contribution is -0.274. The predicted octanol–water partition coefficient (Wildman–Crippen LogP) is 8.54. The molecule has 0 spiro atoms. The summed E-state index contributed by atoms with van der Waals surface area (Å²) in [6.45, 7) is 0.419. The lowest BCUT2D eigenvalue weighted by Gasteiger charge is -2.11. The van der Waals surface area contributed by atoms with Crippen molar-refractivity contribution in [3.63, 3.8) is 0 Å². The van der Waals surface area contributed by atoms with E-state index in [9.17, 15) is 18.3 Å². The summed E-state index contributed by atoms with van der Waals surface area (Å²) in [4.78, 5) is 0.733. The third-order valence-electron chi connectivity index (χ3n) is 5.27. The fourth-order valence-electron chi connectivity index (χ4n) is 3.62. The van der Waals surface area contributed by atoms with Gasteiger partial charge in [0.15, 0.2) is 5.75 Å². The van der Waals surface area contributed by atoms with Crippen LogP contribution in [0.5, 0.6) is 28.7 Å². The highest BCUT2D eigenvalue weighted by Gasteiger charge is 2.31. The van der Waals surface area contributed by atoms with E-state index in [4.69, 9.17) is 9.47 Å². The molecule has 0 aliphatic rings. The van der Waals surface area contributed by atoms with Crippen LogP contribution < -0.4 is 14.2 Å². The highest BCUT2D eigenvalue weighted by molar-refractivity contribution is 7.22. The molecule has 4 nitrogen and oxygen atoms in total. The van der Waals surface area contributed by atoms with Crippen LogP contribution in [0.25, 0.3) is 20.5 Å². The zero-order valence-electron chi connectivity index (χ0n) is 18.7. The van der Waals surface area contributed by atoms with E-state index in [1.807, 2.05) is 48.5 Å². The van der Waals surface area contributed by atoms with Gasteiger partial charge < -0.3 is 19.3 Å². The van der Waals surface area contributed by atoms with Crippen LogP contribution in [-0.4, -0.2) is 11.5 Å². The molecule has 36 heavy (non-hydrogen) atoms. The summed E-state index contributed by atoms with van der Waals surface area (Å²) < 4.78 is 54.8. The first kappa shape index (κ1) is 23.6. The first-order chi connectivity index (χ1) is 17.3. The largest absolute Gasteiger partial charge is 0.573 e. The molecule has 0 aliphatic carbocycles. The molecular formula is C28H19F3O4S. The van der Waals surface area contributed by atoms with Crippen LogP contribution in [0.3, 0.4) is 0 Å². The molecule has 0 atom stereocenters. The molecule has 1 aromatic heterocycles. The Labute approximate surface area is 208 Å². The van der Waals surface area contributed by atoms with Crippen molar-refractivity contribution in [1.29, 1.82) is 0 Å². The fraction of sp³-hybridized carbons (Fsp3) is 0.0714. The van der Waals surface area contributed by atoms with Gasteiger partial charge in [0, 0.05) is 10.1 Å². The smallest absolute Gasteiger partial charge is 0.508 e. The van der Waals surface area contributed by atoms with Crippen molar-refractivity contribution >= 4 is 21.4 Å². The summed E-state index contributed by atoms with van der Waals surface area (Å²) in [6, 6.07) is 27.4. The van der Waals surface area contributed by atoms with Gasteiger partial charge in [0.2, 0.25) is 0 Å². The van der Waals surface area contributed by atoms with E-state index in [0.29, 0.717) is 29.4 Å². The predicted molar refractivity (Wildman–Crippen MR) is 133 cm³/mol. The quantitative estimate of drug-likeness (QED) is 0.239. The van der Waals surface area contributed by atoms with Crippen molar-refractivity contribution in [2.24, 2.45) is 0 Å². The minimum atomic E-state index is -4.76. The van der Waals surface area contributed by atoms with Crippen molar-refractivity contribution in [2.45, 2.75) is 13.0 Å². The second-order valence-corrected chi connectivity index (χ2v) is 8.91. The first-order valence-electron chi connectivity index (χ1n) is 10.9. The molecule has 1 heterocycles. The van der Waals surface area contributed by atoms with Gasteiger partial charge in [0.05, 0.1) is 4.88 Å². The standard InChI is InChI=1S/C28H19F3O4S/c29-28(30,31)35-22-10-6-19(7-11-22)27-26(34-21-12-8-20(32)9-13-21)24-15-14-23(16-25(24)36-27)33-17-18-4-2-1-3-5-18/h1-16,32H,17H2. The second kappa shape index (κ2) is 9.83. The number of benzene rings is 4. The number of rotatable bonds is 7. The molecule has 0 saturated heterocycles. The van der Waals surface area contributed by atoms with E-state index < -0.39 is 6.36 Å². The Morgan fingerprint density at radius 3 is 2.11 bits per heavy atom. The van der Waals surface area contributed by atoms with Crippen LogP contribution in [-0.2, 0) is 6.61 Å². The Morgan fingerprint density at radius 1 is 0.750 bits per heavy atom.